The molecule has 0 aliphatic carbocycles. The first-order valence-electron chi connectivity index (χ1n) is 1.86. The van der Waals surface area contributed by atoms with Gasteiger partial charge in [0, 0.05) is 0 Å². The van der Waals surface area contributed by atoms with Crippen LogP contribution in [0.15, 0.2) is 0 Å². The van der Waals surface area contributed by atoms with E-state index in [1.165, 1.54) is 0 Å². The van der Waals surface area contributed by atoms with Crippen molar-refractivity contribution >= 4 is 0 Å². The molecule has 0 spiro atoms. The maximum absolute atomic E-state index is 8.47. The summed E-state index contributed by atoms with van der Waals surface area (Å²) in [5.41, 5.74) is 5.05. The maximum atomic E-state index is 8.47. The van der Waals surface area contributed by atoms with E-state index in [4.69, 9.17) is 10.8 Å². The highest BCUT2D eigenvalue weighted by atomic mass is 16.6. The van der Waals surface area contributed by atoms with Gasteiger partial charge in [-0.2, -0.15) is 0 Å². The second-order valence-corrected chi connectivity index (χ2v) is 1.37. The van der Waals surface area contributed by atoms with E-state index >= 15 is 0 Å². The van der Waals surface area contributed by atoms with Crippen molar-refractivity contribution in [3.8, 4) is 0 Å². The summed E-state index contributed by atoms with van der Waals surface area (Å²) in [6, 6.07) is 0. The zero-order chi connectivity index (χ0) is 4.57. The van der Waals surface area contributed by atoms with Crippen LogP contribution in [0.3, 0.4) is 0 Å². The topological polar surface area (TPSA) is 55.5 Å². The van der Waals surface area contributed by atoms with Crippen molar-refractivity contribution in [2.24, 2.45) is 5.73 Å². The van der Waals surface area contributed by atoms with E-state index in [9.17, 15) is 0 Å². The molecule has 0 radical (unpaired) electrons. The van der Waals surface area contributed by atoms with Crippen LogP contribution in [0.1, 0.15) is 0 Å². The zero-order valence-electron chi connectivity index (χ0n) is 3.29. The third kappa shape index (κ3) is 0.408. The van der Waals surface area contributed by atoms with Gasteiger partial charge in [-0.1, -0.05) is 0 Å². The number of ether oxygens (including phenoxy) is 1. The molecule has 1 fully saturated rings. The van der Waals surface area contributed by atoms with E-state index in [1.807, 2.05) is 0 Å². The van der Waals surface area contributed by atoms with Crippen molar-refractivity contribution in [3.05, 3.63) is 0 Å². The zero-order valence-corrected chi connectivity index (χ0v) is 3.29. The average Bonchev–Trinajstić information content (AvgIpc) is 1.61. The van der Waals surface area contributed by atoms with E-state index in [0.717, 1.165) is 0 Å². The lowest BCUT2D eigenvalue weighted by molar-refractivity contribution is -0.158. The van der Waals surface area contributed by atoms with Crippen molar-refractivity contribution < 1.29 is 9.84 Å². The number of hydrogen-bond acceptors (Lipinski definition) is 3. The van der Waals surface area contributed by atoms with Crippen LogP contribution in [0.4, 0.5) is 0 Å². The predicted molar refractivity (Wildman–Crippen MR) is 19.9 cm³/mol. The predicted octanol–water partition coefficient (Wildman–Crippen LogP) is -1.34. The summed E-state index contributed by atoms with van der Waals surface area (Å²) in [4.78, 5) is 0. The molecule has 3 heteroatoms. The fourth-order valence-corrected chi connectivity index (χ4v) is 0.293. The third-order valence-corrected chi connectivity index (χ3v) is 0.839. The van der Waals surface area contributed by atoms with Crippen molar-refractivity contribution in [1.82, 2.24) is 0 Å². The summed E-state index contributed by atoms with van der Waals surface area (Å²) in [6.07, 6.45) is -0.824. The Hall–Kier alpha value is -0.120. The number of nitrogens with two attached hydrogens (primary N) is 1. The van der Waals surface area contributed by atoms with Crippen molar-refractivity contribution in [2.75, 3.05) is 6.61 Å². The second kappa shape index (κ2) is 1.18. The van der Waals surface area contributed by atoms with E-state index in [0.29, 0.717) is 6.61 Å². The first kappa shape index (κ1) is 4.05. The van der Waals surface area contributed by atoms with Gasteiger partial charge >= 0.3 is 0 Å². The van der Waals surface area contributed by atoms with Gasteiger partial charge in [-0.25, -0.2) is 0 Å². The van der Waals surface area contributed by atoms with Gasteiger partial charge in [0.15, 0.2) is 0 Å². The minimum Gasteiger partial charge on any atom is -0.387 e. The van der Waals surface area contributed by atoms with Crippen LogP contribution in [0.2, 0.25) is 0 Å². The van der Waals surface area contributed by atoms with Crippen LogP contribution in [0, 0.1) is 0 Å². The molecule has 1 aliphatic heterocycles. The van der Waals surface area contributed by atoms with Crippen LogP contribution in [-0.2, 0) is 4.74 Å². The molecule has 1 rings (SSSR count). The molecule has 0 amide bonds. The van der Waals surface area contributed by atoms with Gasteiger partial charge in [-0.05, 0) is 0 Å². The normalized spacial score (nSPS) is 45.0. The standard InChI is InChI=1S/C3H7NO2/c4-3-2(5)1-6-3/h2-3,5H,1,4H2. The molecule has 1 saturated heterocycles. The monoisotopic (exact) mass is 89.0 g/mol. The van der Waals surface area contributed by atoms with Crippen LogP contribution < -0.4 is 5.73 Å². The molecule has 2 atom stereocenters. The van der Waals surface area contributed by atoms with Crippen molar-refractivity contribution in [1.29, 1.82) is 0 Å². The molecule has 0 aromatic rings. The smallest absolute Gasteiger partial charge is 0.134 e. The van der Waals surface area contributed by atoms with Crippen molar-refractivity contribution in [3.63, 3.8) is 0 Å². The van der Waals surface area contributed by atoms with Gasteiger partial charge in [-0.15, -0.1) is 0 Å². The van der Waals surface area contributed by atoms with Crippen molar-refractivity contribution in [2.45, 2.75) is 12.3 Å². The fraction of sp³-hybridized carbons (Fsp3) is 1.00. The number of rotatable bonds is 0. The Labute approximate surface area is 35.7 Å². The Morgan fingerprint density at radius 2 is 2.33 bits per heavy atom. The Morgan fingerprint density at radius 3 is 2.33 bits per heavy atom. The first-order chi connectivity index (χ1) is 2.80. The molecule has 3 nitrogen and oxygen atoms in total. The number of hydrogen-bond donors (Lipinski definition) is 2. The summed E-state index contributed by atoms with van der Waals surface area (Å²) in [7, 11) is 0. The fourth-order valence-electron chi connectivity index (χ4n) is 0.293. The highest BCUT2D eigenvalue weighted by Gasteiger charge is 2.24. The van der Waals surface area contributed by atoms with Gasteiger partial charge in [0.05, 0.1) is 6.61 Å². The largest absolute Gasteiger partial charge is 0.387 e. The molecule has 1 aliphatic rings. The molecule has 0 aromatic heterocycles. The summed E-state index contributed by atoms with van der Waals surface area (Å²) >= 11 is 0. The summed E-state index contributed by atoms with van der Waals surface area (Å²) in [6.45, 7) is 0.404. The third-order valence-electron chi connectivity index (χ3n) is 0.839. The molecular formula is C3H7NO2. The molecule has 2 unspecified atom stereocenters. The van der Waals surface area contributed by atoms with Gasteiger partial charge in [0.25, 0.3) is 0 Å². The van der Waals surface area contributed by atoms with E-state index < -0.39 is 12.3 Å². The van der Waals surface area contributed by atoms with E-state index in [-0.39, 0.29) is 0 Å². The van der Waals surface area contributed by atoms with Gasteiger partial charge in [0.1, 0.15) is 12.3 Å². The second-order valence-electron chi connectivity index (χ2n) is 1.37. The molecule has 1 heterocycles. The Bertz CT molecular complexity index is 48.8. The van der Waals surface area contributed by atoms with Gasteiger partial charge in [-0.3, -0.25) is 0 Å². The lowest BCUT2D eigenvalue weighted by Crippen LogP contribution is -2.50. The van der Waals surface area contributed by atoms with Gasteiger partial charge < -0.3 is 15.6 Å². The van der Waals surface area contributed by atoms with Gasteiger partial charge in [0.2, 0.25) is 0 Å². The first-order valence-corrected chi connectivity index (χ1v) is 1.86. The van der Waals surface area contributed by atoms with Crippen LogP contribution in [-0.4, -0.2) is 24.0 Å². The maximum Gasteiger partial charge on any atom is 0.134 e. The molecule has 0 bridgehead atoms. The Balaban J connectivity index is 2.20. The minimum atomic E-state index is -0.412. The van der Waals surface area contributed by atoms with Crippen LogP contribution >= 0.6 is 0 Å². The lowest BCUT2D eigenvalue weighted by atomic mass is 10.3. The highest BCUT2D eigenvalue weighted by Crippen LogP contribution is 2.03. The van der Waals surface area contributed by atoms with E-state index in [2.05, 4.69) is 4.74 Å². The highest BCUT2D eigenvalue weighted by molar-refractivity contribution is 4.70. The Kier molecular flexibility index (Phi) is 0.799. The quantitative estimate of drug-likeness (QED) is 0.386. The lowest BCUT2D eigenvalue weighted by Gasteiger charge is -2.28. The molecule has 0 aromatic carbocycles. The molecule has 0 saturated carbocycles. The Morgan fingerprint density at radius 1 is 1.83 bits per heavy atom. The summed E-state index contributed by atoms with van der Waals surface area (Å²) < 4.78 is 4.57. The summed E-state index contributed by atoms with van der Waals surface area (Å²) in [5, 5.41) is 8.47. The summed E-state index contributed by atoms with van der Waals surface area (Å²) in [5.74, 6) is 0. The number of aliphatic hydroxyl groups excluding tert-OH is 1. The van der Waals surface area contributed by atoms with Crippen LogP contribution in [0.5, 0.6) is 0 Å². The minimum absolute atomic E-state index is 0.404. The SMILES string of the molecule is NC1OCC1O. The molecular weight excluding hydrogens is 82.0 g/mol. The molecule has 36 valence electrons. The molecule has 3 N–H and O–H groups in total. The van der Waals surface area contributed by atoms with Crippen LogP contribution in [0.25, 0.3) is 0 Å². The molecule has 6 heavy (non-hydrogen) atoms. The number of aliphatic hydroxyl groups is 1. The average molecular weight is 89.1 g/mol. The van der Waals surface area contributed by atoms with E-state index in [1.54, 1.807) is 0 Å².